The predicted molar refractivity (Wildman–Crippen MR) is 169 cm³/mol. The van der Waals surface area contributed by atoms with Crippen molar-refractivity contribution in [2.75, 3.05) is 71.9 Å². The van der Waals surface area contributed by atoms with E-state index in [-0.39, 0.29) is 24.5 Å². The number of anilines is 1. The van der Waals surface area contributed by atoms with Crippen LogP contribution in [0.2, 0.25) is 0 Å². The molecule has 6 rings (SSSR count). The number of aliphatic hydroxyl groups excluding tert-OH is 1. The van der Waals surface area contributed by atoms with Gasteiger partial charge in [-0.25, -0.2) is 0 Å². The number of nitrogens with two attached hydrogens (primary N) is 1. The van der Waals surface area contributed by atoms with Crippen molar-refractivity contribution in [2.24, 2.45) is 5.73 Å². The van der Waals surface area contributed by atoms with Crippen LogP contribution in [-0.2, 0) is 4.79 Å². The molecule has 0 bridgehead atoms. The lowest BCUT2D eigenvalue weighted by Crippen LogP contribution is -2.76. The van der Waals surface area contributed by atoms with Crippen LogP contribution in [0.15, 0.2) is 35.9 Å². The molecule has 1 saturated carbocycles. The van der Waals surface area contributed by atoms with E-state index < -0.39 is 5.91 Å². The number of aromatic nitrogens is 1. The molecule has 1 amide bonds. The molecule has 240 valence electrons. The van der Waals surface area contributed by atoms with Crippen LogP contribution >= 0.6 is 0 Å². The lowest BCUT2D eigenvalue weighted by Gasteiger charge is -2.52. The van der Waals surface area contributed by atoms with Gasteiger partial charge < -0.3 is 30.3 Å². The molecule has 1 unspecified atom stereocenters. The van der Waals surface area contributed by atoms with Crippen molar-refractivity contribution in [3.8, 4) is 5.75 Å². The first kappa shape index (κ1) is 30.5. The molecule has 1 saturated heterocycles. The van der Waals surface area contributed by atoms with Gasteiger partial charge in [-0.05, 0) is 31.4 Å². The molecule has 2 aromatic rings. The number of β-amino-alcohol motifs (C(OH)–C–C–N with tert-alkyl or cyclic N) is 1. The van der Waals surface area contributed by atoms with Crippen LogP contribution in [0.4, 0.5) is 5.69 Å². The Labute approximate surface area is 258 Å². The summed E-state index contributed by atoms with van der Waals surface area (Å²) < 4.78 is 7.43. The summed E-state index contributed by atoms with van der Waals surface area (Å²) in [6.07, 6.45) is 7.34. The number of carbonyl (C=O) groups excluding carboxylic acids is 2. The average Bonchev–Trinajstić information content (AvgIpc) is 3.67. The number of piperazine rings is 1. The fourth-order valence-electron chi connectivity index (χ4n) is 7.33. The SMILES string of the molecule is CCC1CN(C)C2=C(N[C@@](N)(Nc3cc4ccn(C(=O)CN5CCN(CCO)CC5)c4cc3OC)NC2=O)N1C1CCCC1. The second kappa shape index (κ2) is 12.5. The van der Waals surface area contributed by atoms with E-state index in [0.717, 1.165) is 68.7 Å². The third kappa shape index (κ3) is 5.81. The highest BCUT2D eigenvalue weighted by molar-refractivity contribution is 5.97. The van der Waals surface area contributed by atoms with Crippen LogP contribution in [0.1, 0.15) is 43.8 Å². The maximum absolute atomic E-state index is 13.6. The predicted octanol–water partition coefficient (Wildman–Crippen LogP) is 0.739. The number of benzene rings is 1. The molecule has 1 aliphatic carbocycles. The molecule has 13 nitrogen and oxygen atoms in total. The first-order chi connectivity index (χ1) is 21.2. The van der Waals surface area contributed by atoms with Gasteiger partial charge in [0.25, 0.3) is 5.91 Å². The first-order valence-electron chi connectivity index (χ1n) is 15.9. The third-order valence-corrected chi connectivity index (χ3v) is 9.62. The minimum Gasteiger partial charge on any atom is -0.495 e. The molecule has 2 atom stereocenters. The number of nitrogens with one attached hydrogen (secondary N) is 3. The van der Waals surface area contributed by atoms with Crippen LogP contribution in [0.3, 0.4) is 0 Å². The number of nitrogens with zero attached hydrogens (tertiary/aromatic N) is 5. The van der Waals surface area contributed by atoms with Crippen LogP contribution in [0.5, 0.6) is 5.75 Å². The zero-order valence-corrected chi connectivity index (χ0v) is 26.1. The van der Waals surface area contributed by atoms with Crippen LogP contribution in [-0.4, -0.2) is 126 Å². The van der Waals surface area contributed by atoms with Crippen molar-refractivity contribution in [1.29, 1.82) is 0 Å². The third-order valence-electron chi connectivity index (χ3n) is 9.62. The maximum Gasteiger partial charge on any atom is 0.275 e. The van der Waals surface area contributed by atoms with E-state index in [1.165, 1.54) is 12.8 Å². The first-order valence-corrected chi connectivity index (χ1v) is 15.9. The van der Waals surface area contributed by atoms with E-state index in [1.807, 2.05) is 30.1 Å². The highest BCUT2D eigenvalue weighted by atomic mass is 16.5. The summed E-state index contributed by atoms with van der Waals surface area (Å²) in [4.78, 5) is 35.7. The number of amides is 1. The number of hydrogen-bond acceptors (Lipinski definition) is 11. The number of fused-ring (bicyclic) bond motifs is 1. The highest BCUT2D eigenvalue weighted by Gasteiger charge is 2.46. The van der Waals surface area contributed by atoms with Gasteiger partial charge in [0.15, 0.2) is 0 Å². The number of hydrogen-bond donors (Lipinski definition) is 5. The summed E-state index contributed by atoms with van der Waals surface area (Å²) >= 11 is 0. The minimum absolute atomic E-state index is 0.0201. The zero-order chi connectivity index (χ0) is 31.0. The molecule has 1 aromatic carbocycles. The lowest BCUT2D eigenvalue weighted by molar-refractivity contribution is -0.123. The van der Waals surface area contributed by atoms with Gasteiger partial charge in [-0.1, -0.05) is 19.8 Å². The molecule has 6 N–H and O–H groups in total. The summed E-state index contributed by atoms with van der Waals surface area (Å²) in [5, 5.41) is 19.8. The van der Waals surface area contributed by atoms with Gasteiger partial charge >= 0.3 is 0 Å². The fourth-order valence-corrected chi connectivity index (χ4v) is 7.33. The van der Waals surface area contributed by atoms with Crippen molar-refractivity contribution in [3.05, 3.63) is 35.9 Å². The monoisotopic (exact) mass is 609 g/mol. The molecule has 44 heavy (non-hydrogen) atoms. The highest BCUT2D eigenvalue weighted by Crippen LogP contribution is 2.36. The van der Waals surface area contributed by atoms with Gasteiger partial charge in [0.2, 0.25) is 11.8 Å². The Kier molecular flexibility index (Phi) is 8.64. The van der Waals surface area contributed by atoms with Crippen LogP contribution in [0, 0.1) is 0 Å². The minimum atomic E-state index is -1.47. The largest absolute Gasteiger partial charge is 0.495 e. The van der Waals surface area contributed by atoms with Gasteiger partial charge in [-0.3, -0.25) is 35.0 Å². The number of likely N-dealkylation sites (N-methyl/N-ethyl adjacent to an activating group) is 1. The Bertz CT molecular complexity index is 1410. The quantitative estimate of drug-likeness (QED) is 0.257. The molecular formula is C31H47N9O4. The Morgan fingerprint density at radius 2 is 1.89 bits per heavy atom. The summed E-state index contributed by atoms with van der Waals surface area (Å²) in [6.45, 7) is 7.33. The van der Waals surface area contributed by atoms with Crippen molar-refractivity contribution in [3.63, 3.8) is 0 Å². The molecule has 3 aliphatic heterocycles. The standard InChI is InChI=1S/C31H47N9O4/c1-4-22-19-36(2)28-29(40(22)23-7-5-6-8-23)34-31(32,35-30(28)43)33-24-17-21-9-10-39(25(21)18-26(24)44-3)27(42)20-38-13-11-37(12-14-38)15-16-41/h9-10,17-18,22-23,33-34,41H,4-8,11-16,19-20,32H2,1-3H3,(H,35,43)/t22?,31-/m1/s1. The second-order valence-electron chi connectivity index (χ2n) is 12.5. The summed E-state index contributed by atoms with van der Waals surface area (Å²) in [7, 11) is 3.54. The van der Waals surface area contributed by atoms with Crippen molar-refractivity contribution < 1.29 is 19.4 Å². The molecule has 1 aromatic heterocycles. The van der Waals surface area contributed by atoms with Gasteiger partial charge in [0, 0.05) is 76.0 Å². The molecule has 2 fully saturated rings. The van der Waals surface area contributed by atoms with Crippen molar-refractivity contribution in [2.45, 2.75) is 57.0 Å². The summed E-state index contributed by atoms with van der Waals surface area (Å²) in [6, 6.07) is 6.28. The van der Waals surface area contributed by atoms with E-state index in [2.05, 4.69) is 37.6 Å². The van der Waals surface area contributed by atoms with Crippen LogP contribution < -0.4 is 26.4 Å². The molecule has 13 heteroatoms. The van der Waals surface area contributed by atoms with Gasteiger partial charge in [0.05, 0.1) is 31.5 Å². The maximum atomic E-state index is 13.6. The Morgan fingerprint density at radius 3 is 2.57 bits per heavy atom. The second-order valence-corrected chi connectivity index (χ2v) is 12.5. The number of rotatable bonds is 9. The van der Waals surface area contributed by atoms with Gasteiger partial charge in [-0.2, -0.15) is 0 Å². The number of aliphatic hydroxyl groups is 1. The normalized spacial score (nSPS) is 25.3. The van der Waals surface area contributed by atoms with Crippen molar-refractivity contribution in [1.82, 2.24) is 34.8 Å². The van der Waals surface area contributed by atoms with E-state index in [4.69, 9.17) is 10.5 Å². The van der Waals surface area contributed by atoms with E-state index >= 15 is 0 Å². The zero-order valence-electron chi connectivity index (χ0n) is 26.1. The Balaban J connectivity index is 1.23. The molecular weight excluding hydrogens is 562 g/mol. The molecule has 4 aliphatic rings. The topological polar surface area (TPSA) is 144 Å². The van der Waals surface area contributed by atoms with E-state index in [0.29, 0.717) is 36.3 Å². The van der Waals surface area contributed by atoms with E-state index in [1.54, 1.807) is 17.9 Å². The molecule has 0 radical (unpaired) electrons. The number of carbonyl (C=O) groups is 2. The Morgan fingerprint density at radius 1 is 1.16 bits per heavy atom. The Hall–Kier alpha value is -3.52. The molecule has 4 heterocycles. The summed E-state index contributed by atoms with van der Waals surface area (Å²) in [5.74, 6) is -0.453. The average molecular weight is 610 g/mol. The van der Waals surface area contributed by atoms with Crippen molar-refractivity contribution >= 4 is 28.4 Å². The fraction of sp³-hybridized carbons (Fsp3) is 0.613. The van der Waals surface area contributed by atoms with E-state index in [9.17, 15) is 14.7 Å². The van der Waals surface area contributed by atoms with Gasteiger partial charge in [-0.15, -0.1) is 0 Å². The lowest BCUT2D eigenvalue weighted by atomic mass is 10.0. The summed E-state index contributed by atoms with van der Waals surface area (Å²) in [5.41, 5.74) is 8.80. The molecule has 0 spiro atoms. The number of methoxy groups -OCH3 is 1. The van der Waals surface area contributed by atoms with Crippen LogP contribution in [0.25, 0.3) is 10.9 Å². The van der Waals surface area contributed by atoms with Gasteiger partial charge in [0.1, 0.15) is 17.3 Å². The number of ether oxygens (including phenoxy) is 1. The smallest absolute Gasteiger partial charge is 0.275 e.